The van der Waals surface area contributed by atoms with Crippen molar-refractivity contribution in [1.82, 2.24) is 4.98 Å². The molecule has 1 amide bonds. The minimum Gasteiger partial charge on any atom is -0.493 e. The minimum absolute atomic E-state index is 0.0179. The number of pyridine rings is 1. The van der Waals surface area contributed by atoms with Crippen LogP contribution in [0.1, 0.15) is 53.9 Å². The zero-order valence-corrected chi connectivity index (χ0v) is 21.6. The first-order chi connectivity index (χ1) is 17.5. The van der Waals surface area contributed by atoms with Crippen LogP contribution in [0, 0.1) is 0 Å². The summed E-state index contributed by atoms with van der Waals surface area (Å²) in [5.41, 5.74) is 1.05. The van der Waals surface area contributed by atoms with Gasteiger partial charge in [-0.2, -0.15) is 0 Å². The predicted molar refractivity (Wildman–Crippen MR) is 141 cm³/mol. The highest BCUT2D eigenvalue weighted by Crippen LogP contribution is 2.42. The highest BCUT2D eigenvalue weighted by atomic mass is 79.9. The van der Waals surface area contributed by atoms with Crippen LogP contribution in [0.4, 0.5) is 5.82 Å². The lowest BCUT2D eigenvalue weighted by Crippen LogP contribution is -2.30. The number of rotatable bonds is 8. The van der Waals surface area contributed by atoms with E-state index < -0.39 is 11.9 Å². The number of nitrogens with zero attached hydrogens (tertiary/aromatic N) is 2. The lowest BCUT2D eigenvalue weighted by Gasteiger charge is -2.25. The summed E-state index contributed by atoms with van der Waals surface area (Å²) >= 11 is 3.43. The summed E-state index contributed by atoms with van der Waals surface area (Å²) in [6.07, 6.45) is 4.74. The third-order valence-electron chi connectivity index (χ3n) is 6.24. The van der Waals surface area contributed by atoms with Gasteiger partial charge in [0.2, 0.25) is 5.76 Å². The first-order valence-corrected chi connectivity index (χ1v) is 12.6. The molecule has 2 aromatic heterocycles. The lowest BCUT2D eigenvalue weighted by molar-refractivity contribution is 0.0970. The number of ether oxygens (including phenoxy) is 2. The van der Waals surface area contributed by atoms with Crippen molar-refractivity contribution in [3.05, 3.63) is 92.4 Å². The van der Waals surface area contributed by atoms with Crippen LogP contribution in [0.2, 0.25) is 0 Å². The number of unbranched alkanes of at least 4 members (excludes halogenated alkanes) is 2. The number of benzene rings is 2. The highest BCUT2D eigenvalue weighted by molar-refractivity contribution is 9.10. The molecule has 0 N–H and O–H groups in total. The fourth-order valence-electron chi connectivity index (χ4n) is 4.50. The van der Waals surface area contributed by atoms with Gasteiger partial charge in [0.15, 0.2) is 16.9 Å². The van der Waals surface area contributed by atoms with Crippen molar-refractivity contribution < 1.29 is 18.7 Å². The number of carbonyl (C=O) groups excluding carboxylic acids is 1. The van der Waals surface area contributed by atoms with Gasteiger partial charge in [0, 0.05) is 10.7 Å². The molecule has 0 fully saturated rings. The van der Waals surface area contributed by atoms with E-state index in [-0.39, 0.29) is 16.8 Å². The molecule has 0 spiro atoms. The van der Waals surface area contributed by atoms with E-state index in [0.717, 1.165) is 23.7 Å². The van der Waals surface area contributed by atoms with E-state index in [1.807, 2.05) is 18.2 Å². The van der Waals surface area contributed by atoms with E-state index in [9.17, 15) is 9.59 Å². The van der Waals surface area contributed by atoms with Crippen LogP contribution in [0.25, 0.3) is 11.0 Å². The Morgan fingerprint density at radius 2 is 1.92 bits per heavy atom. The van der Waals surface area contributed by atoms with Crippen molar-refractivity contribution in [2.24, 2.45) is 0 Å². The van der Waals surface area contributed by atoms with E-state index in [1.165, 1.54) is 4.90 Å². The van der Waals surface area contributed by atoms with Crippen molar-refractivity contribution in [3.8, 4) is 11.5 Å². The number of anilines is 1. The molecule has 0 radical (unpaired) electrons. The van der Waals surface area contributed by atoms with Gasteiger partial charge in [-0.25, -0.2) is 4.98 Å². The maximum Gasteiger partial charge on any atom is 0.296 e. The van der Waals surface area contributed by atoms with Crippen LogP contribution in [-0.4, -0.2) is 24.6 Å². The van der Waals surface area contributed by atoms with Crippen molar-refractivity contribution in [2.75, 3.05) is 18.6 Å². The molecule has 0 aliphatic carbocycles. The largest absolute Gasteiger partial charge is 0.493 e. The zero-order chi connectivity index (χ0) is 25.2. The van der Waals surface area contributed by atoms with Gasteiger partial charge >= 0.3 is 0 Å². The third kappa shape index (κ3) is 4.26. The van der Waals surface area contributed by atoms with Crippen molar-refractivity contribution in [3.63, 3.8) is 0 Å². The summed E-state index contributed by atoms with van der Waals surface area (Å²) in [6.45, 7) is 2.72. The molecule has 184 valence electrons. The highest BCUT2D eigenvalue weighted by Gasteiger charge is 2.44. The number of amides is 1. The fourth-order valence-corrected chi connectivity index (χ4v) is 4.86. The SMILES string of the molecule is CCCCCOc1ccc(C2c3c(oc4ccc(Br)cc4c3=O)C(=O)N2c2ccccn2)cc1OC. The second-order valence-corrected chi connectivity index (χ2v) is 9.46. The summed E-state index contributed by atoms with van der Waals surface area (Å²) < 4.78 is 18.3. The molecule has 1 atom stereocenters. The van der Waals surface area contributed by atoms with Crippen molar-refractivity contribution in [1.29, 1.82) is 0 Å². The smallest absolute Gasteiger partial charge is 0.296 e. The standard InChI is InChI=1S/C28H25BrN2O5/c1-3-4-7-14-35-21-11-9-17(15-22(21)34-2)25-24-26(32)19-16-18(29)10-12-20(19)36-27(24)28(33)31(25)23-8-5-6-13-30-23/h5-6,8-13,15-16,25H,3-4,7,14H2,1-2H3. The quantitative estimate of drug-likeness (QED) is 0.241. The Balaban J connectivity index is 1.67. The van der Waals surface area contributed by atoms with E-state index in [0.29, 0.717) is 40.5 Å². The molecule has 1 aliphatic rings. The molecule has 1 unspecified atom stereocenters. The van der Waals surface area contributed by atoms with E-state index in [1.54, 1.807) is 49.7 Å². The van der Waals surface area contributed by atoms with Gasteiger partial charge in [0.25, 0.3) is 5.91 Å². The summed E-state index contributed by atoms with van der Waals surface area (Å²) in [7, 11) is 1.57. The molecule has 0 bridgehead atoms. The molecule has 36 heavy (non-hydrogen) atoms. The van der Waals surface area contributed by atoms with Crippen LogP contribution in [0.15, 0.2) is 74.5 Å². The monoisotopic (exact) mass is 548 g/mol. The van der Waals surface area contributed by atoms with Crippen LogP contribution >= 0.6 is 15.9 Å². The third-order valence-corrected chi connectivity index (χ3v) is 6.73. The zero-order valence-electron chi connectivity index (χ0n) is 20.0. The maximum absolute atomic E-state index is 13.8. The Morgan fingerprint density at radius 3 is 2.67 bits per heavy atom. The first-order valence-electron chi connectivity index (χ1n) is 11.8. The number of carbonyl (C=O) groups is 1. The maximum atomic E-state index is 13.8. The summed E-state index contributed by atoms with van der Waals surface area (Å²) in [6, 6.07) is 15.2. The van der Waals surface area contributed by atoms with Gasteiger partial charge in [-0.3, -0.25) is 14.5 Å². The van der Waals surface area contributed by atoms with E-state index in [4.69, 9.17) is 13.9 Å². The van der Waals surface area contributed by atoms with Crippen LogP contribution in [0.3, 0.4) is 0 Å². The van der Waals surface area contributed by atoms with Gasteiger partial charge in [-0.15, -0.1) is 0 Å². The number of hydrogen-bond acceptors (Lipinski definition) is 6. The summed E-state index contributed by atoms with van der Waals surface area (Å²) in [5, 5.41) is 0.395. The average Bonchev–Trinajstić information content (AvgIpc) is 3.20. The Labute approximate surface area is 216 Å². The molecule has 2 aromatic carbocycles. The van der Waals surface area contributed by atoms with Gasteiger partial charge in [-0.05, 0) is 54.4 Å². The first kappa shape index (κ1) is 24.1. The molecular weight excluding hydrogens is 524 g/mol. The second-order valence-electron chi connectivity index (χ2n) is 8.55. The summed E-state index contributed by atoms with van der Waals surface area (Å²) in [5.74, 6) is 1.15. The molecule has 8 heteroatoms. The van der Waals surface area contributed by atoms with Gasteiger partial charge in [0.05, 0.1) is 30.7 Å². The number of fused-ring (bicyclic) bond motifs is 2. The Kier molecular flexibility index (Phi) is 6.78. The van der Waals surface area contributed by atoms with E-state index in [2.05, 4.69) is 27.8 Å². The molecule has 1 aliphatic heterocycles. The Hall–Kier alpha value is -3.65. The van der Waals surface area contributed by atoms with Crippen LogP contribution < -0.4 is 19.8 Å². The molecule has 0 saturated heterocycles. The van der Waals surface area contributed by atoms with E-state index >= 15 is 0 Å². The topological polar surface area (TPSA) is 81.9 Å². The number of aromatic nitrogens is 1. The number of hydrogen-bond donors (Lipinski definition) is 0. The van der Waals surface area contributed by atoms with Gasteiger partial charge in [0.1, 0.15) is 11.4 Å². The molecule has 0 saturated carbocycles. The molecule has 3 heterocycles. The van der Waals surface area contributed by atoms with Crippen molar-refractivity contribution in [2.45, 2.75) is 32.2 Å². The fraction of sp³-hybridized carbons (Fsp3) is 0.250. The average molecular weight is 549 g/mol. The van der Waals surface area contributed by atoms with Gasteiger partial charge in [-0.1, -0.05) is 47.8 Å². The van der Waals surface area contributed by atoms with Crippen molar-refractivity contribution >= 4 is 38.6 Å². The molecular formula is C28H25BrN2O5. The number of halogens is 1. The summed E-state index contributed by atoms with van der Waals surface area (Å²) in [4.78, 5) is 33.3. The normalized spacial score (nSPS) is 14.8. The molecule has 7 nitrogen and oxygen atoms in total. The van der Waals surface area contributed by atoms with Crippen LogP contribution in [0.5, 0.6) is 11.5 Å². The number of methoxy groups -OCH3 is 1. The van der Waals surface area contributed by atoms with Crippen LogP contribution in [-0.2, 0) is 0 Å². The molecule has 5 rings (SSSR count). The molecule has 4 aromatic rings. The minimum atomic E-state index is -0.745. The predicted octanol–water partition coefficient (Wildman–Crippen LogP) is 6.28. The lowest BCUT2D eigenvalue weighted by atomic mass is 9.98. The Morgan fingerprint density at radius 1 is 1.06 bits per heavy atom. The second kappa shape index (κ2) is 10.1. The van der Waals surface area contributed by atoms with Gasteiger partial charge < -0.3 is 13.9 Å². The Bertz CT molecular complexity index is 1490.